The summed E-state index contributed by atoms with van der Waals surface area (Å²) >= 11 is 0. The number of fused-ring (bicyclic) bond motifs is 1. The fourth-order valence-corrected chi connectivity index (χ4v) is 2.78. The highest BCUT2D eigenvalue weighted by Crippen LogP contribution is 2.29. The van der Waals surface area contributed by atoms with Crippen LogP contribution in [0.5, 0.6) is 0 Å². The Morgan fingerprint density at radius 1 is 1.28 bits per heavy atom. The van der Waals surface area contributed by atoms with Gasteiger partial charge in [-0.05, 0) is 63.5 Å². The summed E-state index contributed by atoms with van der Waals surface area (Å²) in [5, 5.41) is 0. The molecule has 0 N–H and O–H groups in total. The van der Waals surface area contributed by atoms with Crippen molar-refractivity contribution in [2.75, 3.05) is 38.6 Å². The number of nitrogens with zero attached hydrogens (tertiary/aromatic N) is 2. The Morgan fingerprint density at radius 2 is 2.11 bits per heavy atom. The van der Waals surface area contributed by atoms with Crippen LogP contribution >= 0.6 is 0 Å². The third kappa shape index (κ3) is 3.26. The van der Waals surface area contributed by atoms with Gasteiger partial charge in [-0.1, -0.05) is 19.1 Å². The van der Waals surface area contributed by atoms with E-state index in [-0.39, 0.29) is 0 Å². The summed E-state index contributed by atoms with van der Waals surface area (Å²) in [5.41, 5.74) is 4.55. The lowest BCUT2D eigenvalue weighted by molar-refractivity contribution is 0.400. The van der Waals surface area contributed by atoms with Crippen LogP contribution in [0.2, 0.25) is 0 Å². The van der Waals surface area contributed by atoms with Crippen molar-refractivity contribution in [3.63, 3.8) is 0 Å². The fraction of sp³-hybridized carbons (Fsp3) is 0.625. The Labute approximate surface area is 112 Å². The van der Waals surface area contributed by atoms with Crippen LogP contribution in [0.15, 0.2) is 18.2 Å². The molecule has 0 aliphatic carbocycles. The molecule has 0 bridgehead atoms. The maximum atomic E-state index is 2.53. The van der Waals surface area contributed by atoms with E-state index in [2.05, 4.69) is 49.0 Å². The Hall–Kier alpha value is -1.02. The van der Waals surface area contributed by atoms with Crippen molar-refractivity contribution in [1.29, 1.82) is 0 Å². The molecule has 0 unspecified atom stereocenters. The summed E-state index contributed by atoms with van der Waals surface area (Å²) in [7, 11) is 4.29. The summed E-state index contributed by atoms with van der Waals surface area (Å²) in [6.45, 7) is 5.85. The van der Waals surface area contributed by atoms with Gasteiger partial charge in [0.15, 0.2) is 0 Å². The molecule has 2 nitrogen and oxygen atoms in total. The van der Waals surface area contributed by atoms with Gasteiger partial charge in [0.1, 0.15) is 0 Å². The highest BCUT2D eigenvalue weighted by molar-refractivity contribution is 5.59. The second-order valence-electron chi connectivity index (χ2n) is 5.61. The van der Waals surface area contributed by atoms with Crippen LogP contribution in [0.25, 0.3) is 0 Å². The monoisotopic (exact) mass is 246 g/mol. The Bertz CT molecular complexity index is 385. The lowest BCUT2D eigenvalue weighted by Crippen LogP contribution is -2.20. The number of aryl methyl sites for hydroxylation is 1. The highest BCUT2D eigenvalue weighted by atomic mass is 15.1. The lowest BCUT2D eigenvalue weighted by atomic mass is 10.0. The summed E-state index contributed by atoms with van der Waals surface area (Å²) < 4.78 is 0. The third-order valence-electron chi connectivity index (χ3n) is 3.70. The van der Waals surface area contributed by atoms with E-state index in [1.807, 2.05) is 0 Å². The molecule has 1 aliphatic heterocycles. The van der Waals surface area contributed by atoms with E-state index in [0.717, 1.165) is 0 Å². The maximum absolute atomic E-state index is 2.53. The van der Waals surface area contributed by atoms with Crippen molar-refractivity contribution >= 4 is 5.69 Å². The molecule has 2 rings (SSSR count). The second kappa shape index (κ2) is 6.24. The molecular weight excluding hydrogens is 220 g/mol. The van der Waals surface area contributed by atoms with Gasteiger partial charge in [-0.2, -0.15) is 0 Å². The van der Waals surface area contributed by atoms with Crippen LogP contribution in [-0.2, 0) is 12.8 Å². The predicted octanol–water partition coefficient (Wildman–Crippen LogP) is 2.95. The van der Waals surface area contributed by atoms with E-state index in [4.69, 9.17) is 0 Å². The summed E-state index contributed by atoms with van der Waals surface area (Å²) in [6, 6.07) is 7.09. The first-order valence-electron chi connectivity index (χ1n) is 7.22. The smallest absolute Gasteiger partial charge is 0.0399 e. The molecule has 0 atom stereocenters. The van der Waals surface area contributed by atoms with Gasteiger partial charge in [0.2, 0.25) is 0 Å². The fourth-order valence-electron chi connectivity index (χ4n) is 2.78. The van der Waals surface area contributed by atoms with Gasteiger partial charge in [-0.25, -0.2) is 0 Å². The molecule has 0 fully saturated rings. The number of rotatable bonds is 6. The van der Waals surface area contributed by atoms with E-state index >= 15 is 0 Å². The zero-order chi connectivity index (χ0) is 13.0. The molecule has 0 radical (unpaired) electrons. The normalized spacial score (nSPS) is 14.3. The van der Waals surface area contributed by atoms with Crippen molar-refractivity contribution in [1.82, 2.24) is 4.90 Å². The molecule has 2 heteroatoms. The van der Waals surface area contributed by atoms with E-state index in [1.54, 1.807) is 5.56 Å². The molecule has 1 aromatic rings. The Kier molecular flexibility index (Phi) is 4.65. The molecule has 1 aromatic carbocycles. The van der Waals surface area contributed by atoms with Crippen molar-refractivity contribution in [3.8, 4) is 0 Å². The summed E-state index contributed by atoms with van der Waals surface area (Å²) in [6.07, 6.45) is 4.94. The molecule has 0 spiro atoms. The standard InChI is InChI=1S/C16H26N2/c1-4-10-18-12-9-15-13-14(7-8-16(15)18)6-5-11-17(2)3/h7-8,13H,4-6,9-12H2,1-3H3. The van der Waals surface area contributed by atoms with E-state index in [1.165, 1.54) is 56.6 Å². The minimum Gasteiger partial charge on any atom is -0.371 e. The van der Waals surface area contributed by atoms with Crippen LogP contribution in [0.1, 0.15) is 30.9 Å². The van der Waals surface area contributed by atoms with Crippen LogP contribution in [0.3, 0.4) is 0 Å². The van der Waals surface area contributed by atoms with Crippen LogP contribution in [-0.4, -0.2) is 38.6 Å². The van der Waals surface area contributed by atoms with Crippen LogP contribution in [0, 0.1) is 0 Å². The minimum atomic E-state index is 1.18. The summed E-state index contributed by atoms with van der Waals surface area (Å²) in [4.78, 5) is 4.79. The van der Waals surface area contributed by atoms with Gasteiger partial charge in [0.05, 0.1) is 0 Å². The first kappa shape index (κ1) is 13.4. The molecule has 0 saturated heterocycles. The largest absolute Gasteiger partial charge is 0.371 e. The zero-order valence-electron chi connectivity index (χ0n) is 12.1. The lowest BCUT2D eigenvalue weighted by Gasteiger charge is -2.18. The average Bonchev–Trinajstić information content (AvgIpc) is 2.72. The number of hydrogen-bond donors (Lipinski definition) is 0. The average molecular weight is 246 g/mol. The molecule has 18 heavy (non-hydrogen) atoms. The van der Waals surface area contributed by atoms with E-state index in [0.29, 0.717) is 0 Å². The molecule has 1 aliphatic rings. The van der Waals surface area contributed by atoms with Crippen LogP contribution < -0.4 is 4.90 Å². The van der Waals surface area contributed by atoms with Crippen molar-refractivity contribution in [2.24, 2.45) is 0 Å². The molecule has 100 valence electrons. The quantitative estimate of drug-likeness (QED) is 0.761. The van der Waals surface area contributed by atoms with Crippen molar-refractivity contribution < 1.29 is 0 Å². The van der Waals surface area contributed by atoms with Gasteiger partial charge in [0.25, 0.3) is 0 Å². The van der Waals surface area contributed by atoms with Crippen molar-refractivity contribution in [2.45, 2.75) is 32.6 Å². The Morgan fingerprint density at radius 3 is 2.83 bits per heavy atom. The van der Waals surface area contributed by atoms with Crippen molar-refractivity contribution in [3.05, 3.63) is 29.3 Å². The van der Waals surface area contributed by atoms with Gasteiger partial charge in [0, 0.05) is 18.8 Å². The predicted molar refractivity (Wildman–Crippen MR) is 79.5 cm³/mol. The zero-order valence-corrected chi connectivity index (χ0v) is 12.1. The molecule has 0 aromatic heterocycles. The van der Waals surface area contributed by atoms with Crippen LogP contribution in [0.4, 0.5) is 5.69 Å². The molecule has 1 heterocycles. The first-order valence-corrected chi connectivity index (χ1v) is 7.22. The van der Waals surface area contributed by atoms with Gasteiger partial charge >= 0.3 is 0 Å². The van der Waals surface area contributed by atoms with Gasteiger partial charge < -0.3 is 9.80 Å². The molecular formula is C16H26N2. The topological polar surface area (TPSA) is 6.48 Å². The second-order valence-corrected chi connectivity index (χ2v) is 5.61. The van der Waals surface area contributed by atoms with E-state index in [9.17, 15) is 0 Å². The summed E-state index contributed by atoms with van der Waals surface area (Å²) in [5.74, 6) is 0. The van der Waals surface area contributed by atoms with Gasteiger partial charge in [-0.15, -0.1) is 0 Å². The number of benzene rings is 1. The minimum absolute atomic E-state index is 1.18. The number of hydrogen-bond acceptors (Lipinski definition) is 2. The molecule has 0 saturated carbocycles. The SMILES string of the molecule is CCCN1CCc2cc(CCCN(C)C)ccc21. The molecule has 0 amide bonds. The van der Waals surface area contributed by atoms with Gasteiger partial charge in [-0.3, -0.25) is 0 Å². The third-order valence-corrected chi connectivity index (χ3v) is 3.70. The maximum Gasteiger partial charge on any atom is 0.0399 e. The Balaban J connectivity index is 1.96. The van der Waals surface area contributed by atoms with E-state index < -0.39 is 0 Å². The first-order chi connectivity index (χ1) is 8.70. The number of anilines is 1. The highest BCUT2D eigenvalue weighted by Gasteiger charge is 2.17.